The van der Waals surface area contributed by atoms with E-state index in [-0.39, 0.29) is 0 Å². The van der Waals surface area contributed by atoms with E-state index < -0.39 is 5.60 Å². The first-order valence-corrected chi connectivity index (χ1v) is 7.92. The molecule has 0 amide bonds. The van der Waals surface area contributed by atoms with Crippen molar-refractivity contribution in [2.45, 2.75) is 71.1 Å². The first-order valence-electron chi connectivity index (χ1n) is 7.92. The third-order valence-electron chi connectivity index (χ3n) is 3.71. The quantitative estimate of drug-likeness (QED) is 0.731. The van der Waals surface area contributed by atoms with E-state index in [1.165, 1.54) is 5.56 Å². The van der Waals surface area contributed by atoms with Crippen molar-refractivity contribution in [3.05, 3.63) is 29.8 Å². The molecule has 0 saturated carbocycles. The van der Waals surface area contributed by atoms with Gasteiger partial charge in [0.2, 0.25) is 0 Å². The Hall–Kier alpha value is -1.06. The fourth-order valence-corrected chi connectivity index (χ4v) is 2.67. The van der Waals surface area contributed by atoms with Gasteiger partial charge in [-0.05, 0) is 65.0 Å². The molecule has 1 rings (SSSR count). The van der Waals surface area contributed by atoms with Crippen molar-refractivity contribution in [1.82, 2.24) is 5.32 Å². The topological polar surface area (TPSA) is 41.5 Å². The lowest BCUT2D eigenvalue weighted by atomic mass is 9.99. The number of para-hydroxylation sites is 1. The molecule has 0 aliphatic heterocycles. The largest absolute Gasteiger partial charge is 0.496 e. The molecule has 1 aromatic carbocycles. The molecule has 0 radical (unpaired) electrons. The average Bonchev–Trinajstić information content (AvgIpc) is 2.37. The highest BCUT2D eigenvalue weighted by Gasteiger charge is 2.14. The Morgan fingerprint density at radius 3 is 2.48 bits per heavy atom. The van der Waals surface area contributed by atoms with Crippen LogP contribution in [0.15, 0.2) is 24.3 Å². The zero-order valence-electron chi connectivity index (χ0n) is 14.1. The monoisotopic (exact) mass is 293 g/mol. The summed E-state index contributed by atoms with van der Waals surface area (Å²) < 4.78 is 5.40. The summed E-state index contributed by atoms with van der Waals surface area (Å²) in [5.41, 5.74) is 0.687. The number of hydrogen-bond donors (Lipinski definition) is 2. The van der Waals surface area contributed by atoms with Crippen LogP contribution in [-0.4, -0.2) is 29.9 Å². The van der Waals surface area contributed by atoms with Crippen LogP contribution in [-0.2, 0) is 6.42 Å². The Bertz CT molecular complexity index is 412. The molecular formula is C18H31NO2. The van der Waals surface area contributed by atoms with E-state index in [2.05, 4.69) is 31.3 Å². The van der Waals surface area contributed by atoms with E-state index in [9.17, 15) is 5.11 Å². The van der Waals surface area contributed by atoms with Crippen molar-refractivity contribution in [3.8, 4) is 5.75 Å². The second kappa shape index (κ2) is 8.40. The third-order valence-corrected chi connectivity index (χ3v) is 3.71. The predicted octanol–water partition coefficient (Wildman–Crippen LogP) is 3.55. The Kier molecular flexibility index (Phi) is 7.20. The molecule has 0 fully saturated rings. The maximum Gasteiger partial charge on any atom is 0.122 e. The van der Waals surface area contributed by atoms with Crippen LogP contribution in [0.5, 0.6) is 5.75 Å². The lowest BCUT2D eigenvalue weighted by molar-refractivity contribution is 0.0674. The van der Waals surface area contributed by atoms with E-state index in [0.29, 0.717) is 12.1 Å². The molecule has 21 heavy (non-hydrogen) atoms. The molecule has 0 heterocycles. The van der Waals surface area contributed by atoms with Crippen LogP contribution in [0.3, 0.4) is 0 Å². The van der Waals surface area contributed by atoms with Gasteiger partial charge in [0, 0.05) is 12.1 Å². The Morgan fingerprint density at radius 2 is 1.86 bits per heavy atom. The first-order chi connectivity index (χ1) is 9.81. The number of ether oxygens (including phenoxy) is 1. The minimum absolute atomic E-state index is 0.401. The van der Waals surface area contributed by atoms with Crippen molar-refractivity contribution in [1.29, 1.82) is 0 Å². The van der Waals surface area contributed by atoms with Crippen LogP contribution in [0.2, 0.25) is 0 Å². The molecule has 0 aliphatic rings. The highest BCUT2D eigenvalue weighted by Crippen LogP contribution is 2.19. The molecular weight excluding hydrogens is 262 g/mol. The first kappa shape index (κ1) is 18.0. The fourth-order valence-electron chi connectivity index (χ4n) is 2.67. The SMILES string of the molecule is COc1ccccc1C[C@H](C)N[C@H](C)CCCC(C)(C)O. The molecule has 0 spiro atoms. The molecule has 0 aromatic heterocycles. The van der Waals surface area contributed by atoms with Crippen molar-refractivity contribution >= 4 is 0 Å². The zero-order valence-corrected chi connectivity index (χ0v) is 14.1. The average molecular weight is 293 g/mol. The highest BCUT2D eigenvalue weighted by atomic mass is 16.5. The Balaban J connectivity index is 2.37. The van der Waals surface area contributed by atoms with Crippen LogP contribution in [0.25, 0.3) is 0 Å². The number of nitrogens with one attached hydrogen (secondary N) is 1. The van der Waals surface area contributed by atoms with Gasteiger partial charge in [-0.3, -0.25) is 0 Å². The number of methoxy groups -OCH3 is 1. The minimum Gasteiger partial charge on any atom is -0.496 e. The summed E-state index contributed by atoms with van der Waals surface area (Å²) in [6, 6.07) is 9.04. The summed E-state index contributed by atoms with van der Waals surface area (Å²) >= 11 is 0. The lowest BCUT2D eigenvalue weighted by Crippen LogP contribution is -2.36. The van der Waals surface area contributed by atoms with E-state index in [1.807, 2.05) is 26.0 Å². The van der Waals surface area contributed by atoms with Crippen molar-refractivity contribution in [3.63, 3.8) is 0 Å². The molecule has 0 unspecified atom stereocenters. The van der Waals surface area contributed by atoms with Gasteiger partial charge >= 0.3 is 0 Å². The Labute approximate surface area is 129 Å². The van der Waals surface area contributed by atoms with E-state index in [4.69, 9.17) is 4.74 Å². The molecule has 2 atom stereocenters. The molecule has 1 aromatic rings. The fraction of sp³-hybridized carbons (Fsp3) is 0.667. The van der Waals surface area contributed by atoms with Crippen molar-refractivity contribution in [2.24, 2.45) is 0 Å². The summed E-state index contributed by atoms with van der Waals surface area (Å²) in [5, 5.41) is 13.4. The molecule has 0 bridgehead atoms. The van der Waals surface area contributed by atoms with Gasteiger partial charge in [-0.1, -0.05) is 18.2 Å². The molecule has 0 saturated heterocycles. The molecule has 120 valence electrons. The summed E-state index contributed by atoms with van der Waals surface area (Å²) in [7, 11) is 1.72. The van der Waals surface area contributed by atoms with Gasteiger partial charge in [0.15, 0.2) is 0 Å². The molecule has 0 aliphatic carbocycles. The van der Waals surface area contributed by atoms with Gasteiger partial charge in [0.25, 0.3) is 0 Å². The van der Waals surface area contributed by atoms with E-state index >= 15 is 0 Å². The van der Waals surface area contributed by atoms with Gasteiger partial charge in [-0.15, -0.1) is 0 Å². The molecule has 3 heteroatoms. The third kappa shape index (κ3) is 7.49. The summed E-state index contributed by atoms with van der Waals surface area (Å²) in [6.07, 6.45) is 3.93. The number of hydrogen-bond acceptors (Lipinski definition) is 3. The standard InChI is InChI=1S/C18H31NO2/c1-14(9-8-12-18(3,4)20)19-15(2)13-16-10-6-7-11-17(16)21-5/h6-7,10-11,14-15,19-20H,8-9,12-13H2,1-5H3/t14-,15+/m1/s1. The highest BCUT2D eigenvalue weighted by molar-refractivity contribution is 5.33. The smallest absolute Gasteiger partial charge is 0.122 e. The number of benzene rings is 1. The number of aliphatic hydroxyl groups is 1. The summed E-state index contributed by atoms with van der Waals surface area (Å²) in [5.74, 6) is 0.959. The van der Waals surface area contributed by atoms with Crippen LogP contribution >= 0.6 is 0 Å². The normalized spacial score (nSPS) is 14.8. The second-order valence-corrected chi connectivity index (χ2v) is 6.69. The van der Waals surface area contributed by atoms with E-state index in [0.717, 1.165) is 31.4 Å². The summed E-state index contributed by atoms with van der Waals surface area (Å²) in [4.78, 5) is 0. The van der Waals surface area contributed by atoms with Crippen LogP contribution in [0, 0.1) is 0 Å². The van der Waals surface area contributed by atoms with Gasteiger partial charge in [0.05, 0.1) is 12.7 Å². The minimum atomic E-state index is -0.553. The van der Waals surface area contributed by atoms with Crippen LogP contribution < -0.4 is 10.1 Å². The Morgan fingerprint density at radius 1 is 1.19 bits per heavy atom. The van der Waals surface area contributed by atoms with E-state index in [1.54, 1.807) is 7.11 Å². The number of rotatable bonds is 9. The predicted molar refractivity (Wildman–Crippen MR) is 88.9 cm³/mol. The van der Waals surface area contributed by atoms with Crippen LogP contribution in [0.1, 0.15) is 52.5 Å². The summed E-state index contributed by atoms with van der Waals surface area (Å²) in [6.45, 7) is 8.16. The molecule has 3 nitrogen and oxygen atoms in total. The molecule has 2 N–H and O–H groups in total. The maximum atomic E-state index is 9.73. The van der Waals surface area contributed by atoms with Crippen molar-refractivity contribution < 1.29 is 9.84 Å². The van der Waals surface area contributed by atoms with Gasteiger partial charge in [-0.2, -0.15) is 0 Å². The van der Waals surface area contributed by atoms with Crippen LogP contribution in [0.4, 0.5) is 0 Å². The van der Waals surface area contributed by atoms with Crippen molar-refractivity contribution in [2.75, 3.05) is 7.11 Å². The van der Waals surface area contributed by atoms with Gasteiger partial charge in [-0.25, -0.2) is 0 Å². The van der Waals surface area contributed by atoms with Gasteiger partial charge < -0.3 is 15.2 Å². The lowest BCUT2D eigenvalue weighted by Gasteiger charge is -2.22. The zero-order chi connectivity index (χ0) is 15.9. The van der Waals surface area contributed by atoms with Gasteiger partial charge in [0.1, 0.15) is 5.75 Å². The maximum absolute atomic E-state index is 9.73. The second-order valence-electron chi connectivity index (χ2n) is 6.69.